The SMILES string of the molecule is CCOC(=O)N1C(=O)N=C(C)C(C#N)C1c1c(C)noc1C. The van der Waals surface area contributed by atoms with Crippen LogP contribution in [-0.4, -0.2) is 34.5 Å². The van der Waals surface area contributed by atoms with E-state index in [1.807, 2.05) is 0 Å². The molecule has 2 atom stereocenters. The molecule has 2 heterocycles. The summed E-state index contributed by atoms with van der Waals surface area (Å²) in [5.41, 5.74) is 1.39. The maximum Gasteiger partial charge on any atom is 0.418 e. The van der Waals surface area contributed by atoms with Gasteiger partial charge < -0.3 is 9.26 Å². The zero-order chi connectivity index (χ0) is 16.4. The molecule has 0 fully saturated rings. The summed E-state index contributed by atoms with van der Waals surface area (Å²) in [6.07, 6.45) is -0.839. The van der Waals surface area contributed by atoms with Crippen molar-refractivity contribution >= 4 is 17.8 Å². The van der Waals surface area contributed by atoms with Crippen LogP contribution in [0.5, 0.6) is 0 Å². The molecule has 0 bridgehead atoms. The normalized spacial score (nSPS) is 21.3. The van der Waals surface area contributed by atoms with E-state index in [0.29, 0.717) is 22.7 Å². The summed E-state index contributed by atoms with van der Waals surface area (Å²) in [4.78, 5) is 29.0. The Bertz CT molecular complexity index is 666. The van der Waals surface area contributed by atoms with E-state index in [4.69, 9.17) is 9.26 Å². The van der Waals surface area contributed by atoms with Crippen molar-refractivity contribution in [1.29, 1.82) is 5.26 Å². The maximum atomic E-state index is 12.2. The largest absolute Gasteiger partial charge is 0.449 e. The average molecular weight is 304 g/mol. The summed E-state index contributed by atoms with van der Waals surface area (Å²) >= 11 is 0. The van der Waals surface area contributed by atoms with E-state index in [0.717, 1.165) is 4.90 Å². The Morgan fingerprint density at radius 3 is 2.64 bits per heavy atom. The summed E-state index contributed by atoms with van der Waals surface area (Å²) in [5.74, 6) is -0.335. The number of hydrogen-bond donors (Lipinski definition) is 0. The predicted molar refractivity (Wildman–Crippen MR) is 75.2 cm³/mol. The zero-order valence-corrected chi connectivity index (χ0v) is 12.8. The second kappa shape index (κ2) is 5.97. The van der Waals surface area contributed by atoms with Crippen molar-refractivity contribution in [2.75, 3.05) is 6.61 Å². The Hall–Kier alpha value is -2.69. The van der Waals surface area contributed by atoms with Gasteiger partial charge in [-0.1, -0.05) is 5.16 Å². The van der Waals surface area contributed by atoms with Crippen molar-refractivity contribution in [2.24, 2.45) is 10.9 Å². The molecule has 0 saturated heterocycles. The van der Waals surface area contributed by atoms with Crippen LogP contribution >= 0.6 is 0 Å². The monoisotopic (exact) mass is 304 g/mol. The van der Waals surface area contributed by atoms with Crippen molar-refractivity contribution in [3.05, 3.63) is 17.0 Å². The van der Waals surface area contributed by atoms with Crippen LogP contribution in [0.4, 0.5) is 9.59 Å². The minimum Gasteiger partial charge on any atom is -0.449 e. The molecule has 22 heavy (non-hydrogen) atoms. The maximum absolute atomic E-state index is 12.2. The Balaban J connectivity index is 2.61. The number of carbonyl (C=O) groups excluding carboxylic acids is 2. The van der Waals surface area contributed by atoms with E-state index in [2.05, 4.69) is 16.2 Å². The molecule has 1 aromatic rings. The molecular formula is C14H16N4O4. The van der Waals surface area contributed by atoms with Crippen molar-refractivity contribution in [3.63, 3.8) is 0 Å². The van der Waals surface area contributed by atoms with Crippen LogP contribution in [0, 0.1) is 31.1 Å². The summed E-state index contributed by atoms with van der Waals surface area (Å²) in [7, 11) is 0. The quantitative estimate of drug-likeness (QED) is 0.830. The van der Waals surface area contributed by atoms with Crippen molar-refractivity contribution in [3.8, 4) is 6.07 Å². The van der Waals surface area contributed by atoms with E-state index < -0.39 is 24.1 Å². The highest BCUT2D eigenvalue weighted by atomic mass is 16.6. The van der Waals surface area contributed by atoms with Crippen LogP contribution in [0.1, 0.15) is 36.9 Å². The first kappa shape index (κ1) is 15.7. The van der Waals surface area contributed by atoms with Gasteiger partial charge in [0, 0.05) is 11.3 Å². The summed E-state index contributed by atoms with van der Waals surface area (Å²) < 4.78 is 10.0. The fourth-order valence-corrected chi connectivity index (χ4v) is 2.53. The van der Waals surface area contributed by atoms with Crippen LogP contribution in [0.25, 0.3) is 0 Å². The molecule has 0 aliphatic carbocycles. The lowest BCUT2D eigenvalue weighted by atomic mass is 9.87. The molecule has 8 heteroatoms. The minimum absolute atomic E-state index is 0.108. The predicted octanol–water partition coefficient (Wildman–Crippen LogP) is 2.53. The van der Waals surface area contributed by atoms with Crippen molar-refractivity contribution in [1.82, 2.24) is 10.1 Å². The number of amides is 3. The topological polar surface area (TPSA) is 109 Å². The van der Waals surface area contributed by atoms with Gasteiger partial charge in [0.2, 0.25) is 0 Å². The molecule has 0 spiro atoms. The van der Waals surface area contributed by atoms with Gasteiger partial charge in [-0.05, 0) is 27.7 Å². The number of rotatable bonds is 2. The molecule has 0 aromatic carbocycles. The van der Waals surface area contributed by atoms with E-state index in [1.165, 1.54) is 0 Å². The lowest BCUT2D eigenvalue weighted by Gasteiger charge is -2.34. The van der Waals surface area contributed by atoms with Gasteiger partial charge in [-0.25, -0.2) is 19.5 Å². The smallest absolute Gasteiger partial charge is 0.418 e. The Labute approximate surface area is 127 Å². The van der Waals surface area contributed by atoms with Gasteiger partial charge >= 0.3 is 12.1 Å². The molecular weight excluding hydrogens is 288 g/mol. The molecule has 0 saturated carbocycles. The zero-order valence-electron chi connectivity index (χ0n) is 12.8. The van der Waals surface area contributed by atoms with Gasteiger partial charge in [-0.3, -0.25) is 0 Å². The van der Waals surface area contributed by atoms with Crippen molar-refractivity contribution < 1.29 is 18.8 Å². The van der Waals surface area contributed by atoms with Crippen LogP contribution in [0.2, 0.25) is 0 Å². The summed E-state index contributed by atoms with van der Waals surface area (Å²) in [6, 6.07) is 0.474. The average Bonchev–Trinajstić information content (AvgIpc) is 2.77. The first-order valence-corrected chi connectivity index (χ1v) is 6.79. The Kier molecular flexibility index (Phi) is 4.26. The number of nitrogens with zero attached hydrogens (tertiary/aromatic N) is 4. The molecule has 2 unspecified atom stereocenters. The van der Waals surface area contributed by atoms with Crippen LogP contribution in [-0.2, 0) is 4.74 Å². The van der Waals surface area contributed by atoms with E-state index in [-0.39, 0.29) is 6.61 Å². The summed E-state index contributed by atoms with van der Waals surface area (Å²) in [5, 5.41) is 13.3. The lowest BCUT2D eigenvalue weighted by Crippen LogP contribution is -2.47. The fourth-order valence-electron chi connectivity index (χ4n) is 2.53. The van der Waals surface area contributed by atoms with Gasteiger partial charge in [0.1, 0.15) is 11.7 Å². The lowest BCUT2D eigenvalue weighted by molar-refractivity contribution is 0.0979. The first-order valence-electron chi connectivity index (χ1n) is 6.79. The molecule has 1 aromatic heterocycles. The number of aromatic nitrogens is 1. The highest BCUT2D eigenvalue weighted by Gasteiger charge is 2.45. The van der Waals surface area contributed by atoms with Gasteiger partial charge in [-0.15, -0.1) is 0 Å². The van der Waals surface area contributed by atoms with E-state index >= 15 is 0 Å². The Morgan fingerprint density at radius 1 is 1.45 bits per heavy atom. The van der Waals surface area contributed by atoms with Crippen LogP contribution in [0.15, 0.2) is 9.52 Å². The molecule has 0 radical (unpaired) electrons. The number of aliphatic imine (C=N–C) groups is 1. The van der Waals surface area contributed by atoms with Crippen LogP contribution in [0.3, 0.4) is 0 Å². The standard InChI is InChI=1S/C14H16N4O4/c1-5-21-14(20)18-12(11-8(3)17-22-9(11)4)10(6-15)7(2)16-13(18)19/h10,12H,5H2,1-4H3. The molecule has 1 aliphatic heterocycles. The number of hydrogen-bond acceptors (Lipinski definition) is 6. The molecule has 8 nitrogen and oxygen atoms in total. The number of carbonyl (C=O) groups is 2. The summed E-state index contributed by atoms with van der Waals surface area (Å²) in [6.45, 7) is 6.68. The molecule has 1 aliphatic rings. The highest BCUT2D eigenvalue weighted by molar-refractivity contribution is 6.04. The second-order valence-electron chi connectivity index (χ2n) is 4.89. The van der Waals surface area contributed by atoms with Crippen molar-refractivity contribution in [2.45, 2.75) is 33.7 Å². The van der Waals surface area contributed by atoms with Gasteiger partial charge in [0.25, 0.3) is 0 Å². The van der Waals surface area contributed by atoms with Crippen LogP contribution < -0.4 is 0 Å². The number of aryl methyl sites for hydroxylation is 2. The van der Waals surface area contributed by atoms with E-state index in [9.17, 15) is 14.9 Å². The second-order valence-corrected chi connectivity index (χ2v) is 4.89. The first-order chi connectivity index (χ1) is 10.4. The number of imide groups is 1. The third-order valence-electron chi connectivity index (χ3n) is 3.51. The van der Waals surface area contributed by atoms with Gasteiger partial charge in [0.05, 0.1) is 24.4 Å². The fraction of sp³-hybridized carbons (Fsp3) is 0.500. The highest BCUT2D eigenvalue weighted by Crippen LogP contribution is 2.37. The molecule has 2 rings (SSSR count). The number of urea groups is 1. The van der Waals surface area contributed by atoms with Gasteiger partial charge in [-0.2, -0.15) is 5.26 Å². The molecule has 116 valence electrons. The third-order valence-corrected chi connectivity index (χ3v) is 3.51. The third kappa shape index (κ3) is 2.45. The number of ether oxygens (including phenoxy) is 1. The van der Waals surface area contributed by atoms with Gasteiger partial charge in [0.15, 0.2) is 0 Å². The molecule has 3 amide bonds. The minimum atomic E-state index is -0.861. The number of nitriles is 1. The molecule has 0 N–H and O–H groups in total. The Morgan fingerprint density at radius 2 is 2.14 bits per heavy atom. The van der Waals surface area contributed by atoms with E-state index in [1.54, 1.807) is 27.7 Å².